The van der Waals surface area contributed by atoms with Gasteiger partial charge in [-0.3, -0.25) is 4.79 Å². The van der Waals surface area contributed by atoms with Gasteiger partial charge >= 0.3 is 0 Å². The normalized spacial score (nSPS) is 16.4. The van der Waals surface area contributed by atoms with Gasteiger partial charge in [0.15, 0.2) is 11.6 Å². The Morgan fingerprint density at radius 2 is 2.12 bits per heavy atom. The van der Waals surface area contributed by atoms with Gasteiger partial charge in [-0.1, -0.05) is 33.6 Å². The van der Waals surface area contributed by atoms with E-state index in [1.54, 1.807) is 13.1 Å². The zero-order valence-corrected chi connectivity index (χ0v) is 15.8. The Balaban J connectivity index is 1.84. The largest absolute Gasteiger partial charge is 0.340 e. The average molecular weight is 430 g/mol. The summed E-state index contributed by atoms with van der Waals surface area (Å²) >= 11 is 9.57. The summed E-state index contributed by atoms with van der Waals surface area (Å²) < 4.78 is 28.3. The highest BCUT2D eigenvalue weighted by Crippen LogP contribution is 2.29. The van der Waals surface area contributed by atoms with Gasteiger partial charge in [0.1, 0.15) is 6.04 Å². The summed E-state index contributed by atoms with van der Waals surface area (Å²) in [6.45, 7) is 0.726. The minimum atomic E-state index is -0.888. The van der Waals surface area contributed by atoms with Crippen LogP contribution >= 0.6 is 27.5 Å². The van der Waals surface area contributed by atoms with E-state index in [1.807, 2.05) is 12.1 Å². The molecule has 1 N–H and O–H groups in total. The lowest BCUT2D eigenvalue weighted by Gasteiger charge is -2.30. The van der Waals surface area contributed by atoms with E-state index in [4.69, 9.17) is 11.6 Å². The summed E-state index contributed by atoms with van der Waals surface area (Å²) in [6.07, 6.45) is 0.351. The Kier molecular flexibility index (Phi) is 5.41. The molecule has 132 valence electrons. The van der Waals surface area contributed by atoms with E-state index >= 15 is 0 Å². The molecular weight excluding hydrogens is 414 g/mol. The topological polar surface area (TPSA) is 32.3 Å². The summed E-state index contributed by atoms with van der Waals surface area (Å²) in [5.74, 6) is -1.97. The third kappa shape index (κ3) is 3.71. The fourth-order valence-corrected chi connectivity index (χ4v) is 3.61. The van der Waals surface area contributed by atoms with E-state index in [2.05, 4.69) is 21.2 Å². The average Bonchev–Trinajstić information content (AvgIpc) is 2.60. The Hall–Kier alpha value is -1.50. The molecule has 1 unspecified atom stereocenters. The summed E-state index contributed by atoms with van der Waals surface area (Å²) in [4.78, 5) is 14.4. The lowest BCUT2D eigenvalue weighted by Crippen LogP contribution is -2.42. The molecule has 0 spiro atoms. The molecule has 0 aliphatic carbocycles. The number of amides is 1. The van der Waals surface area contributed by atoms with E-state index in [0.717, 1.165) is 16.1 Å². The Morgan fingerprint density at radius 1 is 1.36 bits per heavy atom. The summed E-state index contributed by atoms with van der Waals surface area (Å²) in [6, 6.07) is 7.27. The van der Waals surface area contributed by atoms with E-state index in [0.29, 0.717) is 30.1 Å². The Bertz CT molecular complexity index is 831. The molecule has 2 aromatic rings. The molecule has 0 saturated carbocycles. The number of hydrogen-bond acceptors (Lipinski definition) is 2. The van der Waals surface area contributed by atoms with Crippen LogP contribution in [0.5, 0.6) is 0 Å². The number of rotatable bonds is 3. The number of carbonyl (C=O) groups excluding carboxylic acids is 1. The third-order valence-electron chi connectivity index (χ3n) is 4.31. The van der Waals surface area contributed by atoms with Crippen molar-refractivity contribution in [3.8, 4) is 0 Å². The third-order valence-corrected chi connectivity index (χ3v) is 5.17. The molecule has 3 nitrogen and oxygen atoms in total. The maximum absolute atomic E-state index is 14.0. The number of hydrogen-bond donors (Lipinski definition) is 1. The molecule has 0 radical (unpaired) electrons. The Labute approximate surface area is 158 Å². The first-order chi connectivity index (χ1) is 11.9. The molecule has 0 saturated heterocycles. The second-order valence-electron chi connectivity index (χ2n) is 6.00. The number of nitrogens with one attached hydrogen (secondary N) is 1. The van der Waals surface area contributed by atoms with Crippen molar-refractivity contribution in [1.29, 1.82) is 0 Å². The summed E-state index contributed by atoms with van der Waals surface area (Å²) in [5, 5.41) is 3.65. The highest BCUT2D eigenvalue weighted by atomic mass is 79.9. The molecule has 2 aromatic carbocycles. The van der Waals surface area contributed by atoms with Gasteiger partial charge in [0, 0.05) is 29.6 Å². The van der Waals surface area contributed by atoms with Crippen LogP contribution < -0.4 is 5.32 Å². The lowest BCUT2D eigenvalue weighted by atomic mass is 9.92. The quantitative estimate of drug-likeness (QED) is 0.792. The number of carbonyl (C=O) groups is 1. The zero-order valence-electron chi connectivity index (χ0n) is 13.5. The van der Waals surface area contributed by atoms with Gasteiger partial charge in [-0.2, -0.15) is 0 Å². The monoisotopic (exact) mass is 428 g/mol. The smallest absolute Gasteiger partial charge is 0.244 e. The standard InChI is InChI=1S/C18H16BrClF2N2O/c1-24(9-10-8-11(19)2-4-14(10)20)18(25)17-13-3-5-15(21)16(22)12(13)6-7-23-17/h2-5,8,17,23H,6-7,9H2,1H3. The van der Waals surface area contributed by atoms with Crippen LogP contribution in [0.2, 0.25) is 5.02 Å². The molecule has 7 heteroatoms. The van der Waals surface area contributed by atoms with Crippen LogP contribution in [-0.2, 0) is 17.8 Å². The molecule has 1 heterocycles. The van der Waals surface area contributed by atoms with Gasteiger partial charge in [-0.05, 0) is 47.4 Å². The van der Waals surface area contributed by atoms with E-state index in [9.17, 15) is 13.6 Å². The van der Waals surface area contributed by atoms with Crippen LogP contribution in [0.25, 0.3) is 0 Å². The van der Waals surface area contributed by atoms with Crippen molar-refractivity contribution in [3.05, 3.63) is 68.2 Å². The Morgan fingerprint density at radius 3 is 2.88 bits per heavy atom. The molecule has 0 aromatic heterocycles. The molecule has 1 aliphatic heterocycles. The summed E-state index contributed by atoms with van der Waals surface area (Å²) in [7, 11) is 1.66. The summed E-state index contributed by atoms with van der Waals surface area (Å²) in [5.41, 5.74) is 1.56. The SMILES string of the molecule is CN(Cc1cc(Br)ccc1Cl)C(=O)C1NCCc2c1ccc(F)c2F. The zero-order chi connectivity index (χ0) is 18.1. The first-order valence-corrected chi connectivity index (χ1v) is 8.94. The maximum Gasteiger partial charge on any atom is 0.244 e. The number of likely N-dealkylation sites (N-methyl/N-ethyl adjacent to an activating group) is 1. The molecule has 25 heavy (non-hydrogen) atoms. The van der Waals surface area contributed by atoms with Crippen LogP contribution in [0.3, 0.4) is 0 Å². The minimum Gasteiger partial charge on any atom is -0.340 e. The first kappa shape index (κ1) is 18.3. The number of fused-ring (bicyclic) bond motifs is 1. The van der Waals surface area contributed by atoms with E-state index < -0.39 is 17.7 Å². The van der Waals surface area contributed by atoms with Crippen molar-refractivity contribution in [2.75, 3.05) is 13.6 Å². The van der Waals surface area contributed by atoms with Crippen LogP contribution in [-0.4, -0.2) is 24.4 Å². The maximum atomic E-state index is 14.0. The highest BCUT2D eigenvalue weighted by Gasteiger charge is 2.31. The van der Waals surface area contributed by atoms with Crippen LogP contribution in [0.4, 0.5) is 8.78 Å². The van der Waals surface area contributed by atoms with Gasteiger partial charge in [0.25, 0.3) is 0 Å². The first-order valence-electron chi connectivity index (χ1n) is 7.77. The predicted molar refractivity (Wildman–Crippen MR) is 96.4 cm³/mol. The lowest BCUT2D eigenvalue weighted by molar-refractivity contribution is -0.133. The molecular formula is C18H16BrClF2N2O. The van der Waals surface area contributed by atoms with Gasteiger partial charge in [-0.25, -0.2) is 8.78 Å². The minimum absolute atomic E-state index is 0.219. The molecule has 1 amide bonds. The molecule has 3 rings (SSSR count). The molecule has 0 fully saturated rings. The van der Waals surface area contributed by atoms with Gasteiger partial charge in [0.05, 0.1) is 0 Å². The van der Waals surface area contributed by atoms with Gasteiger partial charge < -0.3 is 10.2 Å². The van der Waals surface area contributed by atoms with Crippen molar-refractivity contribution in [1.82, 2.24) is 10.2 Å². The van der Waals surface area contributed by atoms with Crippen molar-refractivity contribution >= 4 is 33.4 Å². The van der Waals surface area contributed by atoms with Crippen molar-refractivity contribution in [3.63, 3.8) is 0 Å². The second kappa shape index (κ2) is 7.40. The number of benzene rings is 2. The van der Waals surface area contributed by atoms with Crippen molar-refractivity contribution < 1.29 is 13.6 Å². The van der Waals surface area contributed by atoms with Crippen LogP contribution in [0, 0.1) is 11.6 Å². The van der Waals surface area contributed by atoms with Crippen molar-refractivity contribution in [2.24, 2.45) is 0 Å². The molecule has 1 atom stereocenters. The van der Waals surface area contributed by atoms with E-state index in [1.165, 1.54) is 11.0 Å². The second-order valence-corrected chi connectivity index (χ2v) is 7.32. The van der Waals surface area contributed by atoms with Crippen LogP contribution in [0.1, 0.15) is 22.7 Å². The molecule has 0 bridgehead atoms. The fourth-order valence-electron chi connectivity index (χ4n) is 3.02. The van der Waals surface area contributed by atoms with Gasteiger partial charge in [-0.15, -0.1) is 0 Å². The van der Waals surface area contributed by atoms with E-state index in [-0.39, 0.29) is 11.5 Å². The van der Waals surface area contributed by atoms with Gasteiger partial charge in [0.2, 0.25) is 5.91 Å². The number of nitrogens with zero attached hydrogens (tertiary/aromatic N) is 1. The number of halogens is 4. The highest BCUT2D eigenvalue weighted by molar-refractivity contribution is 9.10. The van der Waals surface area contributed by atoms with Crippen molar-refractivity contribution in [2.45, 2.75) is 19.0 Å². The fraction of sp³-hybridized carbons (Fsp3) is 0.278. The molecule has 1 aliphatic rings. The predicted octanol–water partition coefficient (Wildman–Crippen LogP) is 4.23. The van der Waals surface area contributed by atoms with Crippen LogP contribution in [0.15, 0.2) is 34.8 Å².